The predicted octanol–water partition coefficient (Wildman–Crippen LogP) is 3.09. The molecule has 0 saturated carbocycles. The Morgan fingerprint density at radius 2 is 1.96 bits per heavy atom. The van der Waals surface area contributed by atoms with E-state index in [1.54, 1.807) is 12.3 Å². The fraction of sp³-hybridized carbons (Fsp3) is 0.118. The third-order valence-electron chi connectivity index (χ3n) is 3.48. The van der Waals surface area contributed by atoms with Gasteiger partial charge in [0.05, 0.1) is 0 Å². The zero-order chi connectivity index (χ0) is 17.1. The standard InChI is InChI=1S/C17H15N3O4/c1-11-6-5-9-20-14(11)18-13(16(21)22)15(20)19-17(23)24-10-12-7-3-2-4-8-12/h2-9H,10H2,1H3,(H,19,23)(H,21,22). The Morgan fingerprint density at radius 3 is 2.67 bits per heavy atom. The van der Waals surface area contributed by atoms with Gasteiger partial charge in [0.15, 0.2) is 11.5 Å². The number of aryl methyl sites for hydroxylation is 1. The van der Waals surface area contributed by atoms with Crippen LogP contribution in [0.2, 0.25) is 0 Å². The molecule has 122 valence electrons. The van der Waals surface area contributed by atoms with Gasteiger partial charge in [-0.2, -0.15) is 0 Å². The van der Waals surface area contributed by atoms with Crippen LogP contribution >= 0.6 is 0 Å². The molecule has 2 heterocycles. The van der Waals surface area contributed by atoms with Crippen LogP contribution in [0.25, 0.3) is 5.65 Å². The third kappa shape index (κ3) is 3.05. The number of fused-ring (bicyclic) bond motifs is 1. The number of benzene rings is 1. The van der Waals surface area contributed by atoms with Crippen LogP contribution < -0.4 is 5.32 Å². The second-order valence-electron chi connectivity index (χ2n) is 5.19. The number of carboxylic acid groups (broad SMARTS) is 1. The number of carbonyl (C=O) groups excluding carboxylic acids is 1. The van der Waals surface area contributed by atoms with Crippen LogP contribution in [0.15, 0.2) is 48.7 Å². The lowest BCUT2D eigenvalue weighted by molar-refractivity contribution is 0.0692. The van der Waals surface area contributed by atoms with Gasteiger partial charge in [0.25, 0.3) is 0 Å². The zero-order valence-electron chi connectivity index (χ0n) is 12.9. The highest BCUT2D eigenvalue weighted by Gasteiger charge is 2.21. The maximum atomic E-state index is 12.0. The lowest BCUT2D eigenvalue weighted by Gasteiger charge is -2.08. The molecule has 0 aliphatic carbocycles. The van der Waals surface area contributed by atoms with Crippen molar-refractivity contribution in [2.75, 3.05) is 5.32 Å². The Hall–Kier alpha value is -3.35. The summed E-state index contributed by atoms with van der Waals surface area (Å²) >= 11 is 0. The van der Waals surface area contributed by atoms with Crippen LogP contribution in [-0.4, -0.2) is 26.6 Å². The molecule has 0 unspecified atom stereocenters. The van der Waals surface area contributed by atoms with Crippen molar-refractivity contribution in [3.63, 3.8) is 0 Å². The van der Waals surface area contributed by atoms with Crippen molar-refractivity contribution in [1.82, 2.24) is 9.38 Å². The fourth-order valence-corrected chi connectivity index (χ4v) is 2.33. The molecule has 24 heavy (non-hydrogen) atoms. The molecule has 0 aliphatic heterocycles. The highest BCUT2D eigenvalue weighted by Crippen LogP contribution is 2.21. The number of rotatable bonds is 4. The van der Waals surface area contributed by atoms with E-state index in [1.165, 1.54) is 4.40 Å². The van der Waals surface area contributed by atoms with Crippen LogP contribution in [-0.2, 0) is 11.3 Å². The average molecular weight is 325 g/mol. The first kappa shape index (κ1) is 15.5. The van der Waals surface area contributed by atoms with Crippen LogP contribution in [0.4, 0.5) is 10.6 Å². The first-order chi connectivity index (χ1) is 11.6. The summed E-state index contributed by atoms with van der Waals surface area (Å²) in [4.78, 5) is 27.5. The Balaban J connectivity index is 1.83. The van der Waals surface area contributed by atoms with Crippen molar-refractivity contribution in [1.29, 1.82) is 0 Å². The Labute approximate surface area is 137 Å². The van der Waals surface area contributed by atoms with Gasteiger partial charge in [-0.1, -0.05) is 36.4 Å². The molecule has 0 radical (unpaired) electrons. The number of aromatic nitrogens is 2. The molecule has 0 aliphatic rings. The summed E-state index contributed by atoms with van der Waals surface area (Å²) in [6.07, 6.45) is 0.888. The van der Waals surface area contributed by atoms with Crippen LogP contribution in [0, 0.1) is 6.92 Å². The number of nitrogens with one attached hydrogen (secondary N) is 1. The van der Waals surface area contributed by atoms with Crippen molar-refractivity contribution < 1.29 is 19.4 Å². The fourth-order valence-electron chi connectivity index (χ4n) is 2.33. The zero-order valence-corrected chi connectivity index (χ0v) is 12.9. The molecular weight excluding hydrogens is 310 g/mol. The number of hydrogen-bond donors (Lipinski definition) is 2. The second kappa shape index (κ2) is 6.41. The molecule has 2 N–H and O–H groups in total. The van der Waals surface area contributed by atoms with E-state index >= 15 is 0 Å². The van der Waals surface area contributed by atoms with Crippen LogP contribution in [0.3, 0.4) is 0 Å². The van der Waals surface area contributed by atoms with E-state index in [-0.39, 0.29) is 18.1 Å². The Bertz CT molecular complexity index is 903. The molecule has 0 atom stereocenters. The Morgan fingerprint density at radius 1 is 1.21 bits per heavy atom. The van der Waals surface area contributed by atoms with Gasteiger partial charge in [-0.15, -0.1) is 0 Å². The summed E-state index contributed by atoms with van der Waals surface area (Å²) in [7, 11) is 0. The van der Waals surface area contributed by atoms with Crippen LogP contribution in [0.5, 0.6) is 0 Å². The lowest BCUT2D eigenvalue weighted by Crippen LogP contribution is -2.17. The summed E-state index contributed by atoms with van der Waals surface area (Å²) < 4.78 is 6.65. The molecule has 3 aromatic rings. The van der Waals surface area contributed by atoms with Gasteiger partial charge in [-0.25, -0.2) is 14.6 Å². The van der Waals surface area contributed by atoms with E-state index in [0.717, 1.165) is 11.1 Å². The minimum Gasteiger partial charge on any atom is -0.476 e. The number of pyridine rings is 1. The molecule has 2 aromatic heterocycles. The van der Waals surface area contributed by atoms with E-state index in [0.29, 0.717) is 5.65 Å². The van der Waals surface area contributed by atoms with Gasteiger partial charge >= 0.3 is 12.1 Å². The molecule has 0 fully saturated rings. The summed E-state index contributed by atoms with van der Waals surface area (Å²) in [6.45, 7) is 1.90. The SMILES string of the molecule is Cc1cccn2c(NC(=O)OCc3ccccc3)c(C(=O)O)nc12. The van der Waals surface area contributed by atoms with Gasteiger partial charge < -0.3 is 9.84 Å². The number of ether oxygens (including phenoxy) is 1. The number of imidazole rings is 1. The van der Waals surface area contributed by atoms with E-state index in [2.05, 4.69) is 10.3 Å². The van der Waals surface area contributed by atoms with Crippen molar-refractivity contribution in [3.05, 3.63) is 65.5 Å². The molecule has 1 amide bonds. The van der Waals surface area contributed by atoms with Gasteiger partial charge in [-0.3, -0.25) is 9.72 Å². The van der Waals surface area contributed by atoms with Crippen molar-refractivity contribution in [2.24, 2.45) is 0 Å². The van der Waals surface area contributed by atoms with Gasteiger partial charge in [0, 0.05) is 6.20 Å². The molecule has 0 spiro atoms. The number of amides is 1. The molecule has 0 bridgehead atoms. The van der Waals surface area contributed by atoms with Gasteiger partial charge in [-0.05, 0) is 24.1 Å². The first-order valence-corrected chi connectivity index (χ1v) is 7.25. The molecule has 0 saturated heterocycles. The van der Waals surface area contributed by atoms with Crippen molar-refractivity contribution in [3.8, 4) is 0 Å². The van der Waals surface area contributed by atoms with E-state index in [4.69, 9.17) is 4.74 Å². The highest BCUT2D eigenvalue weighted by molar-refractivity contribution is 5.97. The van der Waals surface area contributed by atoms with E-state index < -0.39 is 12.1 Å². The summed E-state index contributed by atoms with van der Waals surface area (Å²) in [6, 6.07) is 12.8. The molecular formula is C17H15N3O4. The summed E-state index contributed by atoms with van der Waals surface area (Å²) in [5, 5.41) is 11.8. The maximum Gasteiger partial charge on any atom is 0.413 e. The molecule has 7 heteroatoms. The van der Waals surface area contributed by atoms with Gasteiger partial charge in [0.1, 0.15) is 12.3 Å². The van der Waals surface area contributed by atoms with Crippen LogP contribution in [0.1, 0.15) is 21.6 Å². The van der Waals surface area contributed by atoms with Crippen molar-refractivity contribution in [2.45, 2.75) is 13.5 Å². The number of hydrogen-bond acceptors (Lipinski definition) is 4. The Kier molecular flexibility index (Phi) is 4.15. The number of carboxylic acids is 1. The number of nitrogens with zero attached hydrogens (tertiary/aromatic N) is 2. The predicted molar refractivity (Wildman–Crippen MR) is 87.1 cm³/mol. The van der Waals surface area contributed by atoms with E-state index in [9.17, 15) is 14.7 Å². The number of anilines is 1. The monoisotopic (exact) mass is 325 g/mol. The van der Waals surface area contributed by atoms with E-state index in [1.807, 2.05) is 43.3 Å². The minimum atomic E-state index is -1.23. The third-order valence-corrected chi connectivity index (χ3v) is 3.48. The molecule has 7 nitrogen and oxygen atoms in total. The largest absolute Gasteiger partial charge is 0.476 e. The second-order valence-corrected chi connectivity index (χ2v) is 5.19. The quantitative estimate of drug-likeness (QED) is 0.769. The average Bonchev–Trinajstić information content (AvgIpc) is 2.94. The number of aromatic carboxylic acids is 1. The summed E-state index contributed by atoms with van der Waals surface area (Å²) in [5.74, 6) is -1.16. The van der Waals surface area contributed by atoms with Gasteiger partial charge in [0.2, 0.25) is 0 Å². The maximum absolute atomic E-state index is 12.0. The topological polar surface area (TPSA) is 92.9 Å². The molecule has 1 aromatic carbocycles. The minimum absolute atomic E-state index is 0.0688. The van der Waals surface area contributed by atoms with Crippen molar-refractivity contribution >= 4 is 23.5 Å². The number of carbonyl (C=O) groups is 2. The first-order valence-electron chi connectivity index (χ1n) is 7.25. The molecule has 3 rings (SSSR count). The normalized spacial score (nSPS) is 10.5. The smallest absolute Gasteiger partial charge is 0.413 e. The lowest BCUT2D eigenvalue weighted by atomic mass is 10.2. The highest BCUT2D eigenvalue weighted by atomic mass is 16.5. The summed E-state index contributed by atoms with van der Waals surface area (Å²) in [5.41, 5.74) is 1.86.